The van der Waals surface area contributed by atoms with Crippen molar-refractivity contribution in [1.82, 2.24) is 20.2 Å². The quantitative estimate of drug-likeness (QED) is 0.559. The number of nitrogens with zero attached hydrogens (tertiary/aromatic N) is 2. The number of hydrogen-bond donors (Lipinski definition) is 2. The first kappa shape index (κ1) is 17.8. The van der Waals surface area contributed by atoms with Crippen LogP contribution in [0.4, 0.5) is 0 Å². The minimum atomic E-state index is -0.131. The molecule has 1 aliphatic heterocycles. The number of carbonyl (C=O) groups is 2. The third-order valence-corrected chi connectivity index (χ3v) is 5.72. The fourth-order valence-corrected chi connectivity index (χ4v) is 4.29. The lowest BCUT2D eigenvalue weighted by atomic mass is 10.3. The first-order valence-corrected chi connectivity index (χ1v) is 9.77. The van der Waals surface area contributed by atoms with Crippen LogP contribution in [-0.4, -0.2) is 44.1 Å². The van der Waals surface area contributed by atoms with Gasteiger partial charge < -0.3 is 10.3 Å². The van der Waals surface area contributed by atoms with E-state index in [1.54, 1.807) is 23.9 Å². The fourth-order valence-electron chi connectivity index (χ4n) is 2.26. The van der Waals surface area contributed by atoms with E-state index in [0.29, 0.717) is 28.7 Å². The van der Waals surface area contributed by atoms with E-state index < -0.39 is 0 Å². The van der Waals surface area contributed by atoms with Crippen molar-refractivity contribution < 1.29 is 9.59 Å². The van der Waals surface area contributed by atoms with Gasteiger partial charge in [0.05, 0.1) is 11.2 Å². The van der Waals surface area contributed by atoms with Gasteiger partial charge in [-0.3, -0.25) is 14.5 Å². The Morgan fingerprint density at radius 2 is 2.36 bits per heavy atom. The highest BCUT2D eigenvalue weighted by Crippen LogP contribution is 2.33. The van der Waals surface area contributed by atoms with E-state index in [1.165, 1.54) is 16.7 Å². The summed E-state index contributed by atoms with van der Waals surface area (Å²) in [5.41, 5.74) is 0.968. The summed E-state index contributed by atoms with van der Waals surface area (Å²) in [5, 5.41) is 4.79. The van der Waals surface area contributed by atoms with Crippen molar-refractivity contribution in [3.63, 3.8) is 0 Å². The van der Waals surface area contributed by atoms with Gasteiger partial charge in [0.2, 0.25) is 5.91 Å². The first-order chi connectivity index (χ1) is 12.1. The zero-order chi connectivity index (χ0) is 17.6. The van der Waals surface area contributed by atoms with Crippen LogP contribution in [0.15, 0.2) is 34.9 Å². The number of hydrogen-bond acceptors (Lipinski definition) is 6. The maximum atomic E-state index is 12.4. The van der Waals surface area contributed by atoms with Gasteiger partial charge in [-0.1, -0.05) is 30.0 Å². The molecule has 0 unspecified atom stereocenters. The normalized spacial score (nSPS) is 16.0. The fraction of sp³-hybridized carbons (Fsp3) is 0.250. The van der Waals surface area contributed by atoms with Crippen molar-refractivity contribution in [3.8, 4) is 0 Å². The summed E-state index contributed by atoms with van der Waals surface area (Å²) in [6.45, 7) is 0.819. The van der Waals surface area contributed by atoms with E-state index in [1.807, 2.05) is 23.6 Å². The molecule has 0 bridgehead atoms. The van der Waals surface area contributed by atoms with Gasteiger partial charge >= 0.3 is 0 Å². The lowest BCUT2D eigenvalue weighted by molar-refractivity contribution is -0.123. The van der Waals surface area contributed by atoms with Crippen LogP contribution in [0.1, 0.15) is 17.0 Å². The number of thiocarbonyl (C=S) groups is 1. The highest BCUT2D eigenvalue weighted by atomic mass is 32.2. The predicted molar refractivity (Wildman–Crippen MR) is 104 cm³/mol. The van der Waals surface area contributed by atoms with Crippen LogP contribution in [-0.2, 0) is 16.0 Å². The molecule has 2 N–H and O–H groups in total. The van der Waals surface area contributed by atoms with Gasteiger partial charge in [0.25, 0.3) is 5.91 Å². The number of aromatic amines is 1. The number of aromatic nitrogens is 2. The van der Waals surface area contributed by atoms with Crippen molar-refractivity contribution in [2.45, 2.75) is 12.8 Å². The molecule has 9 heteroatoms. The van der Waals surface area contributed by atoms with Crippen LogP contribution in [0.2, 0.25) is 0 Å². The second-order valence-corrected chi connectivity index (χ2v) is 7.93. The van der Waals surface area contributed by atoms with Crippen LogP contribution in [0.5, 0.6) is 0 Å². The molecule has 0 aromatic carbocycles. The predicted octanol–water partition coefficient (Wildman–Crippen LogP) is 2.42. The van der Waals surface area contributed by atoms with Gasteiger partial charge in [-0.2, -0.15) is 0 Å². The molecule has 2 aromatic heterocycles. The summed E-state index contributed by atoms with van der Waals surface area (Å²) in [6, 6.07) is 3.88. The zero-order valence-corrected chi connectivity index (χ0v) is 15.7. The molecule has 25 heavy (non-hydrogen) atoms. The SMILES string of the molecule is O=C(CCN1C(=O)C(=Cc2cccs2)SC1=S)NCCc1cnc[nH]1. The van der Waals surface area contributed by atoms with Crippen molar-refractivity contribution >= 4 is 57.5 Å². The molecule has 2 amide bonds. The average Bonchev–Trinajstić information content (AvgIpc) is 3.31. The number of amides is 2. The minimum Gasteiger partial charge on any atom is -0.356 e. The molecule has 6 nitrogen and oxygen atoms in total. The molecule has 130 valence electrons. The number of H-pyrrole nitrogens is 1. The Hall–Kier alpha value is -1.97. The molecule has 0 saturated carbocycles. The van der Waals surface area contributed by atoms with Crippen LogP contribution in [0.3, 0.4) is 0 Å². The van der Waals surface area contributed by atoms with Gasteiger partial charge in [-0.25, -0.2) is 4.98 Å². The van der Waals surface area contributed by atoms with Gasteiger partial charge in [-0.15, -0.1) is 11.3 Å². The lowest BCUT2D eigenvalue weighted by Gasteiger charge is -2.14. The van der Waals surface area contributed by atoms with E-state index >= 15 is 0 Å². The molecule has 1 aliphatic rings. The largest absolute Gasteiger partial charge is 0.356 e. The topological polar surface area (TPSA) is 78.1 Å². The molecule has 0 radical (unpaired) electrons. The van der Waals surface area contributed by atoms with E-state index in [0.717, 1.165) is 10.6 Å². The van der Waals surface area contributed by atoms with E-state index in [-0.39, 0.29) is 18.2 Å². The number of thioether (sulfide) groups is 1. The summed E-state index contributed by atoms with van der Waals surface area (Å²) in [6.07, 6.45) is 6.09. The summed E-state index contributed by atoms with van der Waals surface area (Å²) in [7, 11) is 0. The number of imidazole rings is 1. The molecule has 3 heterocycles. The molecule has 3 rings (SSSR count). The lowest BCUT2D eigenvalue weighted by Crippen LogP contribution is -2.34. The molecule has 1 saturated heterocycles. The van der Waals surface area contributed by atoms with Gasteiger partial charge in [0.15, 0.2) is 0 Å². The third-order valence-electron chi connectivity index (χ3n) is 3.52. The highest BCUT2D eigenvalue weighted by molar-refractivity contribution is 8.26. The Kier molecular flexibility index (Phi) is 6.00. The molecular weight excluding hydrogens is 376 g/mol. The monoisotopic (exact) mass is 392 g/mol. The zero-order valence-electron chi connectivity index (χ0n) is 13.2. The molecule has 1 fully saturated rings. The summed E-state index contributed by atoms with van der Waals surface area (Å²) in [5.74, 6) is -0.232. The van der Waals surface area contributed by atoms with Gasteiger partial charge in [0, 0.05) is 42.7 Å². The van der Waals surface area contributed by atoms with Crippen LogP contribution in [0.25, 0.3) is 6.08 Å². The molecule has 0 aliphatic carbocycles. The summed E-state index contributed by atoms with van der Waals surface area (Å²) >= 11 is 8.12. The number of rotatable bonds is 7. The smallest absolute Gasteiger partial charge is 0.266 e. The molecular formula is C16H16N4O2S3. The van der Waals surface area contributed by atoms with Crippen molar-refractivity contribution in [1.29, 1.82) is 0 Å². The van der Waals surface area contributed by atoms with Gasteiger partial charge in [0.1, 0.15) is 4.32 Å². The third kappa shape index (κ3) is 4.77. The van der Waals surface area contributed by atoms with E-state index in [4.69, 9.17) is 12.2 Å². The van der Waals surface area contributed by atoms with Crippen LogP contribution < -0.4 is 5.32 Å². The Labute approximate surface area is 158 Å². The Balaban J connectivity index is 1.46. The number of carbonyl (C=O) groups excluding carboxylic acids is 2. The summed E-state index contributed by atoms with van der Waals surface area (Å²) < 4.78 is 0.498. The minimum absolute atomic E-state index is 0.101. The standard InChI is InChI=1S/C16H16N4O2S3/c21-14(18-5-3-11-9-17-10-19-11)4-6-20-15(22)13(25-16(20)23)8-12-2-1-7-24-12/h1-2,7-10H,3-6H2,(H,17,19)(H,18,21). The van der Waals surface area contributed by atoms with Crippen molar-refractivity contribution in [3.05, 3.63) is 45.5 Å². The van der Waals surface area contributed by atoms with Crippen LogP contribution >= 0.6 is 35.3 Å². The highest BCUT2D eigenvalue weighted by Gasteiger charge is 2.32. The maximum absolute atomic E-state index is 12.4. The molecule has 2 aromatic rings. The van der Waals surface area contributed by atoms with E-state index in [2.05, 4.69) is 15.3 Å². The Morgan fingerprint density at radius 3 is 3.08 bits per heavy atom. The summed E-state index contributed by atoms with van der Waals surface area (Å²) in [4.78, 5) is 34.4. The van der Waals surface area contributed by atoms with Crippen molar-refractivity contribution in [2.75, 3.05) is 13.1 Å². The Bertz CT molecular complexity index is 784. The second kappa shape index (κ2) is 8.41. The number of nitrogens with one attached hydrogen (secondary N) is 2. The van der Waals surface area contributed by atoms with E-state index in [9.17, 15) is 9.59 Å². The molecule has 0 atom stereocenters. The Morgan fingerprint density at radius 1 is 1.48 bits per heavy atom. The van der Waals surface area contributed by atoms with Gasteiger partial charge in [-0.05, 0) is 17.5 Å². The first-order valence-electron chi connectivity index (χ1n) is 7.66. The average molecular weight is 393 g/mol. The number of thiophene rings is 1. The molecule has 0 spiro atoms. The second-order valence-electron chi connectivity index (χ2n) is 5.28. The maximum Gasteiger partial charge on any atom is 0.266 e. The van der Waals surface area contributed by atoms with Crippen LogP contribution in [0, 0.1) is 0 Å². The van der Waals surface area contributed by atoms with Crippen molar-refractivity contribution in [2.24, 2.45) is 0 Å².